The van der Waals surface area contributed by atoms with Crippen LogP contribution in [0.25, 0.3) is 0 Å². The van der Waals surface area contributed by atoms with E-state index in [1.807, 2.05) is 6.20 Å². The van der Waals surface area contributed by atoms with Crippen LogP contribution in [-0.2, 0) is 12.8 Å². The van der Waals surface area contributed by atoms with Gasteiger partial charge in [0.25, 0.3) is 0 Å². The number of H-pyrrole nitrogens is 1. The first-order valence-electron chi connectivity index (χ1n) is 7.89. The summed E-state index contributed by atoms with van der Waals surface area (Å²) in [7, 11) is 0. The lowest BCUT2D eigenvalue weighted by Crippen LogP contribution is -1.89. The molecule has 0 atom stereocenters. The summed E-state index contributed by atoms with van der Waals surface area (Å²) in [6.45, 7) is 4.44. The van der Waals surface area contributed by atoms with Crippen molar-refractivity contribution in [1.29, 1.82) is 0 Å². The van der Waals surface area contributed by atoms with Crippen LogP contribution in [0, 0.1) is 0 Å². The third-order valence-electron chi connectivity index (χ3n) is 3.58. The molecule has 0 aliphatic heterocycles. The number of aromatic amines is 1. The first-order chi connectivity index (χ1) is 8.86. The highest BCUT2D eigenvalue weighted by Crippen LogP contribution is 2.11. The largest absolute Gasteiger partial charge is 0.346 e. The highest BCUT2D eigenvalue weighted by Gasteiger charge is 1.98. The van der Waals surface area contributed by atoms with Crippen molar-refractivity contribution in [3.05, 3.63) is 17.7 Å². The lowest BCUT2D eigenvalue weighted by Gasteiger charge is -2.01. The first-order valence-corrected chi connectivity index (χ1v) is 7.89. The molecule has 0 saturated carbocycles. The van der Waals surface area contributed by atoms with Gasteiger partial charge in [0.1, 0.15) is 5.82 Å². The molecule has 0 saturated heterocycles. The van der Waals surface area contributed by atoms with Gasteiger partial charge in [0.05, 0.1) is 0 Å². The van der Waals surface area contributed by atoms with E-state index in [1.54, 1.807) is 0 Å². The molecular formula is C16H30N2. The lowest BCUT2D eigenvalue weighted by molar-refractivity contribution is 0.562. The normalized spacial score (nSPS) is 11.0. The Morgan fingerprint density at radius 2 is 1.50 bits per heavy atom. The molecule has 2 nitrogen and oxygen atoms in total. The van der Waals surface area contributed by atoms with Gasteiger partial charge in [-0.15, -0.1) is 0 Å². The Balaban J connectivity index is 1.89. The van der Waals surface area contributed by atoms with E-state index >= 15 is 0 Å². The van der Waals surface area contributed by atoms with Crippen molar-refractivity contribution in [2.45, 2.75) is 84.5 Å². The monoisotopic (exact) mass is 250 g/mol. The van der Waals surface area contributed by atoms with Crippen LogP contribution < -0.4 is 0 Å². The Labute approximate surface area is 113 Å². The third kappa shape index (κ3) is 6.83. The Kier molecular flexibility index (Phi) is 8.62. The smallest absolute Gasteiger partial charge is 0.106 e. The molecule has 0 amide bonds. The van der Waals surface area contributed by atoms with E-state index in [1.165, 1.54) is 69.3 Å². The second-order valence-corrected chi connectivity index (χ2v) is 5.29. The van der Waals surface area contributed by atoms with Gasteiger partial charge >= 0.3 is 0 Å². The van der Waals surface area contributed by atoms with E-state index in [-0.39, 0.29) is 0 Å². The van der Waals surface area contributed by atoms with Crippen LogP contribution in [0.1, 0.15) is 83.2 Å². The zero-order chi connectivity index (χ0) is 13.1. The van der Waals surface area contributed by atoms with Gasteiger partial charge in [0.15, 0.2) is 0 Å². The molecular weight excluding hydrogens is 220 g/mol. The summed E-state index contributed by atoms with van der Waals surface area (Å²) in [5.41, 5.74) is 1.26. The van der Waals surface area contributed by atoms with Crippen LogP contribution in [0.15, 0.2) is 6.20 Å². The highest BCUT2D eigenvalue weighted by molar-refractivity contribution is 5.00. The van der Waals surface area contributed by atoms with Gasteiger partial charge in [-0.3, -0.25) is 0 Å². The molecule has 0 unspecified atom stereocenters. The van der Waals surface area contributed by atoms with Gasteiger partial charge in [0, 0.05) is 18.3 Å². The number of hydrogen-bond acceptors (Lipinski definition) is 1. The van der Waals surface area contributed by atoms with Gasteiger partial charge in [0.2, 0.25) is 0 Å². The minimum atomic E-state index is 1.06. The molecule has 1 rings (SSSR count). The fourth-order valence-electron chi connectivity index (χ4n) is 2.32. The number of rotatable bonds is 11. The van der Waals surface area contributed by atoms with Crippen molar-refractivity contribution in [2.24, 2.45) is 0 Å². The van der Waals surface area contributed by atoms with Crippen LogP contribution in [0.2, 0.25) is 0 Å². The van der Waals surface area contributed by atoms with Crippen LogP contribution >= 0.6 is 0 Å². The van der Waals surface area contributed by atoms with Crippen molar-refractivity contribution in [1.82, 2.24) is 9.97 Å². The van der Waals surface area contributed by atoms with E-state index < -0.39 is 0 Å². The predicted octanol–water partition coefficient (Wildman–Crippen LogP) is 5.05. The van der Waals surface area contributed by atoms with Gasteiger partial charge < -0.3 is 4.98 Å². The van der Waals surface area contributed by atoms with Crippen molar-refractivity contribution >= 4 is 0 Å². The minimum Gasteiger partial charge on any atom is -0.346 e. The molecule has 1 aromatic heterocycles. The number of imidazole rings is 1. The summed E-state index contributed by atoms with van der Waals surface area (Å²) in [6.07, 6.45) is 16.7. The van der Waals surface area contributed by atoms with Crippen molar-refractivity contribution in [2.75, 3.05) is 0 Å². The maximum atomic E-state index is 4.40. The van der Waals surface area contributed by atoms with Crippen molar-refractivity contribution in [3.8, 4) is 0 Å². The number of aromatic nitrogens is 2. The maximum absolute atomic E-state index is 4.40. The number of aryl methyl sites for hydroxylation is 2. The molecule has 1 aromatic rings. The summed E-state index contributed by atoms with van der Waals surface area (Å²) < 4.78 is 0. The van der Waals surface area contributed by atoms with Gasteiger partial charge in [-0.05, 0) is 12.8 Å². The fourth-order valence-corrected chi connectivity index (χ4v) is 2.32. The van der Waals surface area contributed by atoms with Crippen molar-refractivity contribution in [3.63, 3.8) is 0 Å². The average Bonchev–Trinajstić information content (AvgIpc) is 2.85. The second kappa shape index (κ2) is 10.2. The molecule has 2 heteroatoms. The predicted molar refractivity (Wildman–Crippen MR) is 78.9 cm³/mol. The Hall–Kier alpha value is -0.790. The summed E-state index contributed by atoms with van der Waals surface area (Å²) >= 11 is 0. The summed E-state index contributed by atoms with van der Waals surface area (Å²) in [5.74, 6) is 1.18. The number of nitrogens with zero attached hydrogens (tertiary/aromatic N) is 1. The second-order valence-electron chi connectivity index (χ2n) is 5.29. The van der Waals surface area contributed by atoms with Gasteiger partial charge in [-0.25, -0.2) is 4.98 Å². The summed E-state index contributed by atoms with van der Waals surface area (Å²) in [6, 6.07) is 0. The fraction of sp³-hybridized carbons (Fsp3) is 0.812. The zero-order valence-corrected chi connectivity index (χ0v) is 12.3. The van der Waals surface area contributed by atoms with E-state index in [0.717, 1.165) is 12.8 Å². The first kappa shape index (κ1) is 15.3. The molecule has 0 aromatic carbocycles. The van der Waals surface area contributed by atoms with E-state index in [4.69, 9.17) is 0 Å². The van der Waals surface area contributed by atoms with Crippen LogP contribution in [0.3, 0.4) is 0 Å². The Morgan fingerprint density at radius 3 is 2.06 bits per heavy atom. The third-order valence-corrected chi connectivity index (χ3v) is 3.58. The molecule has 0 aliphatic carbocycles. The molecule has 104 valence electrons. The van der Waals surface area contributed by atoms with Gasteiger partial charge in [-0.1, -0.05) is 65.2 Å². The molecule has 1 heterocycles. The molecule has 0 fully saturated rings. The summed E-state index contributed by atoms with van der Waals surface area (Å²) in [4.78, 5) is 7.78. The zero-order valence-electron chi connectivity index (χ0n) is 12.3. The van der Waals surface area contributed by atoms with E-state index in [0.29, 0.717) is 0 Å². The van der Waals surface area contributed by atoms with Crippen LogP contribution in [-0.4, -0.2) is 9.97 Å². The highest BCUT2D eigenvalue weighted by atomic mass is 14.9. The van der Waals surface area contributed by atoms with Gasteiger partial charge in [-0.2, -0.15) is 0 Å². The molecule has 0 bridgehead atoms. The SMILES string of the molecule is CCCCCCCCCCCc1ncc(CC)[nH]1. The quantitative estimate of drug-likeness (QED) is 0.547. The number of unbranched alkanes of at least 4 members (excludes halogenated alkanes) is 8. The van der Waals surface area contributed by atoms with Crippen LogP contribution in [0.5, 0.6) is 0 Å². The minimum absolute atomic E-state index is 1.06. The number of hydrogen-bond donors (Lipinski definition) is 1. The lowest BCUT2D eigenvalue weighted by atomic mass is 10.1. The Bertz CT molecular complexity index is 291. The Morgan fingerprint density at radius 1 is 0.889 bits per heavy atom. The van der Waals surface area contributed by atoms with E-state index in [9.17, 15) is 0 Å². The molecule has 18 heavy (non-hydrogen) atoms. The standard InChI is InChI=1S/C16H30N2/c1-3-5-6-7-8-9-10-11-12-13-16-17-14-15(4-2)18-16/h14H,3-13H2,1-2H3,(H,17,18). The molecule has 1 N–H and O–H groups in total. The topological polar surface area (TPSA) is 28.7 Å². The maximum Gasteiger partial charge on any atom is 0.106 e. The van der Waals surface area contributed by atoms with Crippen LogP contribution in [0.4, 0.5) is 0 Å². The summed E-state index contributed by atoms with van der Waals surface area (Å²) in [5, 5.41) is 0. The average molecular weight is 250 g/mol. The van der Waals surface area contributed by atoms with E-state index in [2.05, 4.69) is 23.8 Å². The van der Waals surface area contributed by atoms with Crippen molar-refractivity contribution < 1.29 is 0 Å². The molecule has 0 spiro atoms. The molecule has 0 aliphatic rings. The number of nitrogens with one attached hydrogen (secondary N) is 1. The molecule has 0 radical (unpaired) electrons.